The summed E-state index contributed by atoms with van der Waals surface area (Å²) in [4.78, 5) is 29.4. The van der Waals surface area contributed by atoms with Crippen LogP contribution < -0.4 is 10.1 Å². The second kappa shape index (κ2) is 8.70. The van der Waals surface area contributed by atoms with Crippen LogP contribution in [0.2, 0.25) is 0 Å². The first kappa shape index (κ1) is 18.9. The molecule has 7 nitrogen and oxygen atoms in total. The monoisotopic (exact) mass is 371 g/mol. The number of likely N-dealkylation sites (tertiary alicyclic amines) is 1. The number of benzene rings is 1. The third-order valence-electron chi connectivity index (χ3n) is 4.70. The van der Waals surface area contributed by atoms with Gasteiger partial charge in [0.25, 0.3) is 0 Å². The summed E-state index contributed by atoms with van der Waals surface area (Å²) in [6, 6.07) is 7.86. The van der Waals surface area contributed by atoms with E-state index in [-0.39, 0.29) is 24.3 Å². The van der Waals surface area contributed by atoms with E-state index >= 15 is 0 Å². The molecule has 1 fully saturated rings. The lowest BCUT2D eigenvalue weighted by Crippen LogP contribution is -2.44. The fraction of sp³-hybridized carbons (Fsp3) is 0.450. The van der Waals surface area contributed by atoms with Crippen LogP contribution in [0.3, 0.4) is 0 Å². The summed E-state index contributed by atoms with van der Waals surface area (Å²) >= 11 is 0. The Hall–Kier alpha value is -2.83. The molecule has 1 saturated heterocycles. The maximum absolute atomic E-state index is 12.2. The van der Waals surface area contributed by atoms with Gasteiger partial charge >= 0.3 is 0 Å². The van der Waals surface area contributed by atoms with Gasteiger partial charge in [-0.3, -0.25) is 9.59 Å². The minimum absolute atomic E-state index is 0.0364. The number of piperidine rings is 1. The number of aromatic nitrogens is 1. The number of hydrogen-bond acceptors (Lipinski definition) is 5. The van der Waals surface area contributed by atoms with Gasteiger partial charge in [0.05, 0.1) is 25.8 Å². The normalized spacial score (nSPS) is 16.8. The fourth-order valence-corrected chi connectivity index (χ4v) is 3.29. The SMILES string of the molecule is COc1cccc(Cc2cnc(C3CCCN(C(=O)CNC(C)=O)C3)o2)c1. The van der Waals surface area contributed by atoms with Crippen molar-refractivity contribution in [2.45, 2.75) is 32.1 Å². The van der Waals surface area contributed by atoms with E-state index in [1.807, 2.05) is 24.3 Å². The van der Waals surface area contributed by atoms with Crippen LogP contribution in [-0.4, -0.2) is 48.4 Å². The Morgan fingerprint density at radius 1 is 1.41 bits per heavy atom. The molecule has 3 rings (SSSR count). The number of amides is 2. The molecule has 1 aliphatic rings. The average molecular weight is 371 g/mol. The van der Waals surface area contributed by atoms with E-state index in [0.29, 0.717) is 25.4 Å². The Balaban J connectivity index is 1.61. The molecule has 2 heterocycles. The first-order valence-corrected chi connectivity index (χ1v) is 9.15. The van der Waals surface area contributed by atoms with E-state index in [4.69, 9.17) is 9.15 Å². The number of hydrogen-bond donors (Lipinski definition) is 1. The van der Waals surface area contributed by atoms with Gasteiger partial charge in [0.1, 0.15) is 11.5 Å². The molecule has 1 atom stereocenters. The summed E-state index contributed by atoms with van der Waals surface area (Å²) in [6.07, 6.45) is 4.22. The van der Waals surface area contributed by atoms with E-state index in [1.54, 1.807) is 18.2 Å². The van der Waals surface area contributed by atoms with Crippen molar-refractivity contribution < 1.29 is 18.7 Å². The van der Waals surface area contributed by atoms with Crippen molar-refractivity contribution in [1.82, 2.24) is 15.2 Å². The van der Waals surface area contributed by atoms with Crippen molar-refractivity contribution in [3.05, 3.63) is 47.7 Å². The Labute approximate surface area is 158 Å². The van der Waals surface area contributed by atoms with Crippen LogP contribution in [0, 0.1) is 0 Å². The Kier molecular flexibility index (Phi) is 6.11. The molecule has 0 spiro atoms. The summed E-state index contributed by atoms with van der Waals surface area (Å²) < 4.78 is 11.2. The second-order valence-electron chi connectivity index (χ2n) is 6.78. The summed E-state index contributed by atoms with van der Waals surface area (Å²) in [5, 5.41) is 2.56. The molecule has 0 saturated carbocycles. The number of nitrogens with zero attached hydrogens (tertiary/aromatic N) is 2. The third-order valence-corrected chi connectivity index (χ3v) is 4.70. The number of nitrogens with one attached hydrogen (secondary N) is 1. The molecule has 1 aromatic carbocycles. The quantitative estimate of drug-likeness (QED) is 0.841. The highest BCUT2D eigenvalue weighted by Crippen LogP contribution is 2.27. The second-order valence-corrected chi connectivity index (χ2v) is 6.78. The highest BCUT2D eigenvalue weighted by Gasteiger charge is 2.27. The fourth-order valence-electron chi connectivity index (χ4n) is 3.29. The summed E-state index contributed by atoms with van der Waals surface area (Å²) in [7, 11) is 1.65. The highest BCUT2D eigenvalue weighted by atomic mass is 16.5. The largest absolute Gasteiger partial charge is 0.497 e. The van der Waals surface area contributed by atoms with Gasteiger partial charge in [-0.05, 0) is 30.5 Å². The number of carbonyl (C=O) groups is 2. The Morgan fingerprint density at radius 2 is 2.26 bits per heavy atom. The van der Waals surface area contributed by atoms with Crippen molar-refractivity contribution in [3.63, 3.8) is 0 Å². The number of methoxy groups -OCH3 is 1. The molecule has 2 aromatic rings. The lowest BCUT2D eigenvalue weighted by atomic mass is 9.98. The summed E-state index contributed by atoms with van der Waals surface area (Å²) in [6.45, 7) is 2.71. The zero-order valence-corrected chi connectivity index (χ0v) is 15.7. The molecule has 1 aliphatic heterocycles. The summed E-state index contributed by atoms with van der Waals surface area (Å²) in [5.41, 5.74) is 1.09. The van der Waals surface area contributed by atoms with Crippen LogP contribution in [0.25, 0.3) is 0 Å². The van der Waals surface area contributed by atoms with Crippen molar-refractivity contribution in [2.24, 2.45) is 0 Å². The molecule has 0 bridgehead atoms. The van der Waals surface area contributed by atoms with E-state index in [0.717, 1.165) is 29.9 Å². The maximum Gasteiger partial charge on any atom is 0.241 e. The van der Waals surface area contributed by atoms with E-state index < -0.39 is 0 Å². The van der Waals surface area contributed by atoms with E-state index in [2.05, 4.69) is 10.3 Å². The first-order valence-electron chi connectivity index (χ1n) is 9.15. The first-order chi connectivity index (χ1) is 13.0. The number of oxazole rings is 1. The third kappa shape index (κ3) is 5.09. The average Bonchev–Trinajstić information content (AvgIpc) is 3.14. The van der Waals surface area contributed by atoms with Crippen LogP contribution in [0.5, 0.6) is 5.75 Å². The van der Waals surface area contributed by atoms with E-state index in [1.165, 1.54) is 6.92 Å². The van der Waals surface area contributed by atoms with Gasteiger partial charge in [0.15, 0.2) is 5.89 Å². The van der Waals surface area contributed by atoms with Gasteiger partial charge in [0.2, 0.25) is 11.8 Å². The maximum atomic E-state index is 12.2. The molecule has 27 heavy (non-hydrogen) atoms. The number of rotatable bonds is 6. The molecule has 7 heteroatoms. The van der Waals surface area contributed by atoms with Crippen molar-refractivity contribution in [2.75, 3.05) is 26.7 Å². The van der Waals surface area contributed by atoms with Crippen molar-refractivity contribution >= 4 is 11.8 Å². The Bertz CT molecular complexity index is 802. The van der Waals surface area contributed by atoms with Crippen LogP contribution in [0.15, 0.2) is 34.9 Å². The van der Waals surface area contributed by atoms with Gasteiger partial charge in [-0.1, -0.05) is 12.1 Å². The molecule has 2 amide bonds. The topological polar surface area (TPSA) is 84.7 Å². The molecule has 1 unspecified atom stereocenters. The lowest BCUT2D eigenvalue weighted by molar-refractivity contribution is -0.133. The van der Waals surface area contributed by atoms with Gasteiger partial charge < -0.3 is 19.4 Å². The van der Waals surface area contributed by atoms with Gasteiger partial charge in [-0.2, -0.15) is 0 Å². The molecule has 1 N–H and O–H groups in total. The molecular weight excluding hydrogens is 346 g/mol. The van der Waals surface area contributed by atoms with Crippen molar-refractivity contribution in [1.29, 1.82) is 0 Å². The molecule has 0 radical (unpaired) electrons. The van der Waals surface area contributed by atoms with E-state index in [9.17, 15) is 9.59 Å². The van der Waals surface area contributed by atoms with Crippen molar-refractivity contribution in [3.8, 4) is 5.75 Å². The predicted molar refractivity (Wildman–Crippen MR) is 99.5 cm³/mol. The zero-order valence-electron chi connectivity index (χ0n) is 15.7. The highest BCUT2D eigenvalue weighted by molar-refractivity contribution is 5.83. The van der Waals surface area contributed by atoms with Crippen LogP contribution in [0.4, 0.5) is 0 Å². The number of ether oxygens (including phenoxy) is 1. The minimum Gasteiger partial charge on any atom is -0.497 e. The van der Waals surface area contributed by atoms with Gasteiger partial charge in [0, 0.05) is 26.4 Å². The van der Waals surface area contributed by atoms with Crippen LogP contribution >= 0.6 is 0 Å². The predicted octanol–water partition coefficient (Wildman–Crippen LogP) is 2.12. The lowest BCUT2D eigenvalue weighted by Gasteiger charge is -2.31. The van der Waals surface area contributed by atoms with Gasteiger partial charge in [-0.25, -0.2) is 4.98 Å². The minimum atomic E-state index is -0.202. The summed E-state index contributed by atoms with van der Waals surface area (Å²) in [5.74, 6) is 2.08. The standard InChI is InChI=1S/C20H25N3O4/c1-14(24)21-12-19(25)23-8-4-6-16(13-23)20-22-11-18(27-20)10-15-5-3-7-17(9-15)26-2/h3,5,7,9,11,16H,4,6,8,10,12-13H2,1-2H3,(H,21,24). The Morgan fingerprint density at radius 3 is 3.04 bits per heavy atom. The molecule has 0 aliphatic carbocycles. The molecular formula is C20H25N3O4. The molecule has 1 aromatic heterocycles. The van der Waals surface area contributed by atoms with Gasteiger partial charge in [-0.15, -0.1) is 0 Å². The van der Waals surface area contributed by atoms with Crippen LogP contribution in [0.1, 0.15) is 42.9 Å². The number of carbonyl (C=O) groups excluding carboxylic acids is 2. The smallest absolute Gasteiger partial charge is 0.241 e. The zero-order chi connectivity index (χ0) is 19.2. The molecule has 144 valence electrons. The van der Waals surface area contributed by atoms with Crippen LogP contribution in [-0.2, 0) is 16.0 Å².